The third kappa shape index (κ3) is 2.83. The Balaban J connectivity index is 1.99. The standard InChI is InChI=1S/C16H15FN4/c17-14-8-6-12(7-9-14)11-21-16(15(10-18)19-20-21)13-4-2-1-3-5-13/h1-9H,10-11,18H2. The van der Waals surface area contributed by atoms with Crippen LogP contribution in [0.5, 0.6) is 0 Å². The van der Waals surface area contributed by atoms with Gasteiger partial charge >= 0.3 is 0 Å². The van der Waals surface area contributed by atoms with Crippen molar-refractivity contribution >= 4 is 0 Å². The number of halogens is 1. The lowest BCUT2D eigenvalue weighted by Crippen LogP contribution is -2.05. The average Bonchev–Trinajstić information content (AvgIpc) is 2.93. The predicted octanol–water partition coefficient (Wildman–Crippen LogP) is 2.59. The summed E-state index contributed by atoms with van der Waals surface area (Å²) in [7, 11) is 0. The summed E-state index contributed by atoms with van der Waals surface area (Å²) in [4.78, 5) is 0. The second-order valence-electron chi connectivity index (χ2n) is 4.74. The van der Waals surface area contributed by atoms with Gasteiger partial charge in [-0.15, -0.1) is 5.10 Å². The van der Waals surface area contributed by atoms with Gasteiger partial charge in [-0.25, -0.2) is 9.07 Å². The SMILES string of the molecule is NCc1nnn(Cc2ccc(F)cc2)c1-c1ccccc1. The van der Waals surface area contributed by atoms with E-state index in [9.17, 15) is 4.39 Å². The number of hydrogen-bond donors (Lipinski definition) is 1. The second-order valence-corrected chi connectivity index (χ2v) is 4.74. The quantitative estimate of drug-likeness (QED) is 0.800. The minimum atomic E-state index is -0.247. The van der Waals surface area contributed by atoms with Crippen LogP contribution in [-0.2, 0) is 13.1 Å². The monoisotopic (exact) mass is 282 g/mol. The normalized spacial score (nSPS) is 10.8. The van der Waals surface area contributed by atoms with E-state index in [1.807, 2.05) is 30.3 Å². The highest BCUT2D eigenvalue weighted by Crippen LogP contribution is 2.22. The van der Waals surface area contributed by atoms with Crippen LogP contribution in [0.4, 0.5) is 4.39 Å². The largest absolute Gasteiger partial charge is 0.325 e. The minimum Gasteiger partial charge on any atom is -0.325 e. The fraction of sp³-hybridized carbons (Fsp3) is 0.125. The van der Waals surface area contributed by atoms with E-state index >= 15 is 0 Å². The van der Waals surface area contributed by atoms with Gasteiger partial charge in [0.1, 0.15) is 11.5 Å². The molecule has 0 saturated heterocycles. The van der Waals surface area contributed by atoms with Crippen LogP contribution in [-0.4, -0.2) is 15.0 Å². The first kappa shape index (κ1) is 13.5. The highest BCUT2D eigenvalue weighted by atomic mass is 19.1. The highest BCUT2D eigenvalue weighted by molar-refractivity contribution is 5.61. The molecule has 1 heterocycles. The Morgan fingerprint density at radius 3 is 2.38 bits per heavy atom. The molecule has 5 heteroatoms. The summed E-state index contributed by atoms with van der Waals surface area (Å²) >= 11 is 0. The molecule has 3 rings (SSSR count). The average molecular weight is 282 g/mol. The fourth-order valence-corrected chi connectivity index (χ4v) is 2.27. The van der Waals surface area contributed by atoms with E-state index in [0.29, 0.717) is 13.1 Å². The van der Waals surface area contributed by atoms with Gasteiger partial charge in [0.05, 0.1) is 12.2 Å². The molecule has 0 radical (unpaired) electrons. The number of nitrogens with zero attached hydrogens (tertiary/aromatic N) is 3. The molecule has 0 unspecified atom stereocenters. The van der Waals surface area contributed by atoms with Crippen molar-refractivity contribution in [3.05, 3.63) is 71.7 Å². The Morgan fingerprint density at radius 1 is 1.00 bits per heavy atom. The third-order valence-electron chi connectivity index (χ3n) is 3.29. The first-order valence-electron chi connectivity index (χ1n) is 6.70. The molecule has 0 aliphatic heterocycles. The maximum atomic E-state index is 13.0. The molecule has 0 aliphatic rings. The van der Waals surface area contributed by atoms with Gasteiger partial charge in [0.15, 0.2) is 0 Å². The molecule has 0 atom stereocenters. The highest BCUT2D eigenvalue weighted by Gasteiger charge is 2.13. The second kappa shape index (κ2) is 5.85. The van der Waals surface area contributed by atoms with E-state index in [0.717, 1.165) is 22.5 Å². The number of aromatic nitrogens is 3. The number of hydrogen-bond acceptors (Lipinski definition) is 3. The van der Waals surface area contributed by atoms with Crippen molar-refractivity contribution in [3.8, 4) is 11.3 Å². The summed E-state index contributed by atoms with van der Waals surface area (Å²) in [5, 5.41) is 8.31. The topological polar surface area (TPSA) is 56.7 Å². The van der Waals surface area contributed by atoms with Crippen LogP contribution < -0.4 is 5.73 Å². The number of rotatable bonds is 4. The summed E-state index contributed by atoms with van der Waals surface area (Å²) in [6.45, 7) is 0.852. The van der Waals surface area contributed by atoms with Crippen molar-refractivity contribution in [1.82, 2.24) is 15.0 Å². The summed E-state index contributed by atoms with van der Waals surface area (Å²) in [5.74, 6) is -0.247. The molecule has 2 aromatic carbocycles. The van der Waals surface area contributed by atoms with Crippen molar-refractivity contribution in [1.29, 1.82) is 0 Å². The van der Waals surface area contributed by atoms with E-state index in [4.69, 9.17) is 5.73 Å². The molecule has 0 saturated carbocycles. The van der Waals surface area contributed by atoms with E-state index in [1.54, 1.807) is 16.8 Å². The Morgan fingerprint density at radius 2 is 1.71 bits per heavy atom. The van der Waals surface area contributed by atoms with Crippen LogP contribution >= 0.6 is 0 Å². The predicted molar refractivity (Wildman–Crippen MR) is 78.9 cm³/mol. The lowest BCUT2D eigenvalue weighted by Gasteiger charge is -2.08. The lowest BCUT2D eigenvalue weighted by molar-refractivity contribution is 0.622. The van der Waals surface area contributed by atoms with Gasteiger partial charge < -0.3 is 5.73 Å². The number of nitrogens with two attached hydrogens (primary N) is 1. The Bertz CT molecular complexity index is 720. The molecular weight excluding hydrogens is 267 g/mol. The van der Waals surface area contributed by atoms with E-state index in [2.05, 4.69) is 10.3 Å². The van der Waals surface area contributed by atoms with Gasteiger partial charge in [-0.1, -0.05) is 47.7 Å². The van der Waals surface area contributed by atoms with Crippen molar-refractivity contribution < 1.29 is 4.39 Å². The first-order chi connectivity index (χ1) is 10.3. The van der Waals surface area contributed by atoms with E-state index < -0.39 is 0 Å². The molecule has 0 fully saturated rings. The van der Waals surface area contributed by atoms with Gasteiger partial charge in [0, 0.05) is 12.1 Å². The van der Waals surface area contributed by atoms with Crippen LogP contribution in [0, 0.1) is 5.82 Å². The van der Waals surface area contributed by atoms with Gasteiger partial charge in [-0.2, -0.15) is 0 Å². The molecule has 4 nitrogen and oxygen atoms in total. The van der Waals surface area contributed by atoms with E-state index in [1.165, 1.54) is 12.1 Å². The zero-order chi connectivity index (χ0) is 14.7. The molecule has 0 bridgehead atoms. The van der Waals surface area contributed by atoms with Crippen LogP contribution in [0.2, 0.25) is 0 Å². The summed E-state index contributed by atoms with van der Waals surface area (Å²) in [6, 6.07) is 16.3. The number of benzene rings is 2. The van der Waals surface area contributed by atoms with Crippen LogP contribution in [0.15, 0.2) is 54.6 Å². The lowest BCUT2D eigenvalue weighted by atomic mass is 10.1. The smallest absolute Gasteiger partial charge is 0.123 e. The summed E-state index contributed by atoms with van der Waals surface area (Å²) in [5.41, 5.74) is 9.39. The van der Waals surface area contributed by atoms with Gasteiger partial charge in [-0.3, -0.25) is 0 Å². The molecule has 0 spiro atoms. The Labute approximate surface area is 122 Å². The summed E-state index contributed by atoms with van der Waals surface area (Å²) in [6.07, 6.45) is 0. The van der Waals surface area contributed by atoms with Crippen LogP contribution in [0.3, 0.4) is 0 Å². The Hall–Kier alpha value is -2.53. The maximum absolute atomic E-state index is 13.0. The van der Waals surface area contributed by atoms with Crippen molar-refractivity contribution in [2.45, 2.75) is 13.1 Å². The van der Waals surface area contributed by atoms with Crippen molar-refractivity contribution in [2.24, 2.45) is 5.73 Å². The molecular formula is C16H15FN4. The fourth-order valence-electron chi connectivity index (χ4n) is 2.27. The molecule has 106 valence electrons. The van der Waals surface area contributed by atoms with Crippen LogP contribution in [0.1, 0.15) is 11.3 Å². The Kier molecular flexibility index (Phi) is 3.75. The zero-order valence-corrected chi connectivity index (χ0v) is 11.4. The molecule has 2 N–H and O–H groups in total. The molecule has 0 aliphatic carbocycles. The minimum absolute atomic E-state index is 0.247. The molecule has 21 heavy (non-hydrogen) atoms. The first-order valence-corrected chi connectivity index (χ1v) is 6.70. The summed E-state index contributed by atoms with van der Waals surface area (Å²) < 4.78 is 14.8. The molecule has 3 aromatic rings. The van der Waals surface area contributed by atoms with Gasteiger partial charge in [0.25, 0.3) is 0 Å². The molecule has 0 amide bonds. The van der Waals surface area contributed by atoms with E-state index in [-0.39, 0.29) is 5.82 Å². The van der Waals surface area contributed by atoms with Crippen LogP contribution in [0.25, 0.3) is 11.3 Å². The third-order valence-corrected chi connectivity index (χ3v) is 3.29. The molecule has 1 aromatic heterocycles. The van der Waals surface area contributed by atoms with Gasteiger partial charge in [-0.05, 0) is 17.7 Å². The maximum Gasteiger partial charge on any atom is 0.123 e. The van der Waals surface area contributed by atoms with Crippen molar-refractivity contribution in [3.63, 3.8) is 0 Å². The van der Waals surface area contributed by atoms with Gasteiger partial charge in [0.2, 0.25) is 0 Å². The van der Waals surface area contributed by atoms with Crippen molar-refractivity contribution in [2.75, 3.05) is 0 Å². The zero-order valence-electron chi connectivity index (χ0n) is 11.4.